The Kier molecular flexibility index (Phi) is 9.72. The number of ether oxygens (including phenoxy) is 2. The van der Waals surface area contributed by atoms with Crippen LogP contribution in [0.5, 0.6) is 5.75 Å². The van der Waals surface area contributed by atoms with Gasteiger partial charge in [0.1, 0.15) is 12.4 Å². The van der Waals surface area contributed by atoms with Crippen LogP contribution in [0.15, 0.2) is 54.6 Å². The molecule has 0 saturated carbocycles. The van der Waals surface area contributed by atoms with E-state index in [-0.39, 0.29) is 30.7 Å². The summed E-state index contributed by atoms with van der Waals surface area (Å²) in [6.45, 7) is 11.3. The summed E-state index contributed by atoms with van der Waals surface area (Å²) in [6, 6.07) is 14.6. The summed E-state index contributed by atoms with van der Waals surface area (Å²) in [5, 5.41) is 3.36. The van der Waals surface area contributed by atoms with E-state index in [2.05, 4.69) is 39.2 Å². The Labute approximate surface area is 220 Å². The maximum atomic E-state index is 14.2. The molecule has 0 aromatic heterocycles. The monoisotopic (exact) mass is 534 g/mol. The molecule has 1 saturated heterocycles. The molecule has 0 bridgehead atoms. The number of alkyl halides is 2. The predicted octanol–water partition coefficient (Wildman–Crippen LogP) is 6.22. The van der Waals surface area contributed by atoms with Gasteiger partial charge in [-0.15, -0.1) is 0 Å². The van der Waals surface area contributed by atoms with Crippen LogP contribution in [0, 0.1) is 0 Å². The van der Waals surface area contributed by atoms with Crippen molar-refractivity contribution >= 4 is 14.4 Å². The highest BCUT2D eigenvalue weighted by atomic mass is 28.4. The lowest BCUT2D eigenvalue weighted by Gasteiger charge is -2.39. The number of amides is 1. The number of carbonyl (C=O) groups is 1. The van der Waals surface area contributed by atoms with Crippen LogP contribution in [0.2, 0.25) is 18.1 Å². The number of methoxy groups -OCH3 is 1. The highest BCUT2D eigenvalue weighted by Crippen LogP contribution is 2.38. The number of nitrogens with zero attached hydrogens (tertiary/aromatic N) is 1. The van der Waals surface area contributed by atoms with Gasteiger partial charge in [0.25, 0.3) is 6.43 Å². The molecule has 0 aliphatic carbocycles. The smallest absolute Gasteiger partial charge is 0.410 e. The van der Waals surface area contributed by atoms with Crippen LogP contribution in [-0.4, -0.2) is 57.6 Å². The molecule has 6 nitrogen and oxygen atoms in total. The van der Waals surface area contributed by atoms with Crippen LogP contribution in [-0.2, 0) is 22.3 Å². The Hall–Kier alpha value is -2.49. The molecule has 3 rings (SSSR count). The number of halogens is 2. The topological polar surface area (TPSA) is 60.0 Å². The molecule has 1 aliphatic heterocycles. The van der Waals surface area contributed by atoms with Crippen molar-refractivity contribution in [2.24, 2.45) is 0 Å². The minimum atomic E-state index is -2.70. The van der Waals surface area contributed by atoms with Gasteiger partial charge in [-0.05, 0) is 47.8 Å². The molecule has 9 heteroatoms. The largest absolute Gasteiger partial charge is 0.497 e. The van der Waals surface area contributed by atoms with Gasteiger partial charge in [-0.2, -0.15) is 0 Å². The van der Waals surface area contributed by atoms with Gasteiger partial charge in [-0.3, -0.25) is 4.90 Å². The zero-order valence-corrected chi connectivity index (χ0v) is 23.7. The summed E-state index contributed by atoms with van der Waals surface area (Å²) in [4.78, 5) is 14.5. The normalized spacial score (nSPS) is 20.4. The van der Waals surface area contributed by atoms with Gasteiger partial charge in [0.05, 0.1) is 25.8 Å². The molecule has 0 spiro atoms. The minimum Gasteiger partial charge on any atom is -0.497 e. The Morgan fingerprint density at radius 3 is 2.30 bits per heavy atom. The molecule has 0 unspecified atom stereocenters. The maximum Gasteiger partial charge on any atom is 0.410 e. The summed E-state index contributed by atoms with van der Waals surface area (Å²) in [5.41, 5.74) is 1.79. The number of nitrogens with one attached hydrogen (secondary N) is 1. The second kappa shape index (κ2) is 12.4. The van der Waals surface area contributed by atoms with E-state index in [9.17, 15) is 13.6 Å². The van der Waals surface area contributed by atoms with E-state index in [0.717, 1.165) is 16.9 Å². The zero-order chi connectivity index (χ0) is 27.2. The lowest BCUT2D eigenvalue weighted by Crippen LogP contribution is -2.53. The summed E-state index contributed by atoms with van der Waals surface area (Å²) < 4.78 is 45.7. The average molecular weight is 535 g/mol. The highest BCUT2D eigenvalue weighted by Gasteiger charge is 2.49. The molecule has 1 fully saturated rings. The Bertz CT molecular complexity index is 999. The van der Waals surface area contributed by atoms with E-state index in [0.29, 0.717) is 6.54 Å². The van der Waals surface area contributed by atoms with Crippen molar-refractivity contribution in [3.05, 3.63) is 65.7 Å². The molecule has 1 amide bonds. The second-order valence-corrected chi connectivity index (χ2v) is 15.9. The molecular formula is C28H40F2N2O4Si. The number of likely N-dealkylation sites (tertiary alicyclic amines) is 1. The molecule has 1 aliphatic rings. The highest BCUT2D eigenvalue weighted by molar-refractivity contribution is 6.74. The summed E-state index contributed by atoms with van der Waals surface area (Å²) in [6.07, 6.45) is -3.33. The molecule has 3 atom stereocenters. The Morgan fingerprint density at radius 2 is 1.73 bits per heavy atom. The van der Waals surface area contributed by atoms with E-state index < -0.39 is 32.9 Å². The first-order valence-corrected chi connectivity index (χ1v) is 15.6. The third-order valence-corrected chi connectivity index (χ3v) is 12.0. The molecule has 37 heavy (non-hydrogen) atoms. The molecular weight excluding hydrogens is 494 g/mol. The van der Waals surface area contributed by atoms with Gasteiger partial charge in [-0.25, -0.2) is 13.6 Å². The Morgan fingerprint density at radius 1 is 1.08 bits per heavy atom. The number of hydrogen-bond acceptors (Lipinski definition) is 5. The fourth-order valence-electron chi connectivity index (χ4n) is 4.18. The van der Waals surface area contributed by atoms with E-state index in [1.807, 2.05) is 54.6 Å². The zero-order valence-electron chi connectivity index (χ0n) is 22.7. The SMILES string of the molecule is COc1ccc(CN[C@H]2C[C@@H](C(F)F)N(C(=O)OCc3ccccc3)[C@H]2CO[Si](C)(C)C(C)(C)C)cc1. The van der Waals surface area contributed by atoms with Crippen molar-refractivity contribution in [3.8, 4) is 5.75 Å². The van der Waals surface area contributed by atoms with E-state index in [4.69, 9.17) is 13.9 Å². The van der Waals surface area contributed by atoms with Gasteiger partial charge < -0.3 is 19.2 Å². The van der Waals surface area contributed by atoms with Crippen molar-refractivity contribution in [2.45, 2.75) is 83.0 Å². The van der Waals surface area contributed by atoms with E-state index >= 15 is 0 Å². The van der Waals surface area contributed by atoms with Gasteiger partial charge in [0, 0.05) is 12.6 Å². The van der Waals surface area contributed by atoms with E-state index in [1.54, 1.807) is 7.11 Å². The summed E-state index contributed by atoms with van der Waals surface area (Å²) >= 11 is 0. The van der Waals surface area contributed by atoms with Crippen molar-refractivity contribution < 1.29 is 27.5 Å². The van der Waals surface area contributed by atoms with Gasteiger partial charge >= 0.3 is 6.09 Å². The fraction of sp³-hybridized carbons (Fsp3) is 0.536. The van der Waals surface area contributed by atoms with Crippen LogP contribution in [0.25, 0.3) is 0 Å². The molecule has 204 valence electrons. The first-order valence-electron chi connectivity index (χ1n) is 12.7. The number of hydrogen-bond donors (Lipinski definition) is 1. The molecule has 1 N–H and O–H groups in total. The average Bonchev–Trinajstić information content (AvgIpc) is 3.24. The number of benzene rings is 2. The van der Waals surface area contributed by atoms with Gasteiger partial charge in [0.2, 0.25) is 0 Å². The standard InChI is InChI=1S/C28H40F2N2O4Si/c1-28(2,3)37(5,6)36-19-25-23(31-17-20-12-14-22(34-4)15-13-20)16-24(26(29)30)32(25)27(33)35-18-21-10-8-7-9-11-21/h7-15,23-26,31H,16-19H2,1-6H3/t23-,24-,25-/m0/s1. The minimum absolute atomic E-state index is 0.0197. The van der Waals surface area contributed by atoms with Gasteiger partial charge in [-0.1, -0.05) is 63.2 Å². The molecule has 2 aromatic rings. The molecule has 1 heterocycles. The first-order chi connectivity index (χ1) is 17.4. The van der Waals surface area contributed by atoms with Crippen LogP contribution in [0.4, 0.5) is 13.6 Å². The van der Waals surface area contributed by atoms with Crippen LogP contribution >= 0.6 is 0 Å². The van der Waals surface area contributed by atoms with Crippen molar-refractivity contribution in [1.82, 2.24) is 10.2 Å². The quantitative estimate of drug-likeness (QED) is 0.367. The lowest BCUT2D eigenvalue weighted by molar-refractivity contribution is 0.0125. The molecule has 2 aromatic carbocycles. The maximum absolute atomic E-state index is 14.2. The second-order valence-electron chi connectivity index (χ2n) is 11.1. The first kappa shape index (κ1) is 29.1. The van der Waals surface area contributed by atoms with E-state index in [1.165, 1.54) is 4.90 Å². The third kappa shape index (κ3) is 7.52. The summed E-state index contributed by atoms with van der Waals surface area (Å²) in [7, 11) is -0.586. The molecule has 0 radical (unpaired) electrons. The van der Waals surface area contributed by atoms with Crippen LogP contribution < -0.4 is 10.1 Å². The van der Waals surface area contributed by atoms with Crippen molar-refractivity contribution in [2.75, 3.05) is 13.7 Å². The van der Waals surface area contributed by atoms with Crippen molar-refractivity contribution in [1.29, 1.82) is 0 Å². The van der Waals surface area contributed by atoms with Crippen LogP contribution in [0.3, 0.4) is 0 Å². The predicted molar refractivity (Wildman–Crippen MR) is 143 cm³/mol. The summed E-state index contributed by atoms with van der Waals surface area (Å²) in [5.74, 6) is 0.746. The fourth-order valence-corrected chi connectivity index (χ4v) is 5.20. The van der Waals surface area contributed by atoms with Crippen LogP contribution in [0.1, 0.15) is 38.3 Å². The number of rotatable bonds is 10. The number of carbonyl (C=O) groups excluding carboxylic acids is 1. The van der Waals surface area contributed by atoms with Crippen molar-refractivity contribution in [3.63, 3.8) is 0 Å². The lowest BCUT2D eigenvalue weighted by atomic mass is 10.1. The van der Waals surface area contributed by atoms with Gasteiger partial charge in [0.15, 0.2) is 8.32 Å². The Balaban J connectivity index is 1.81. The third-order valence-electron chi connectivity index (χ3n) is 7.53.